The molecule has 0 radical (unpaired) electrons. The number of carbonyl (C=O) groups is 1. The number of hydrogen-bond donors (Lipinski definition) is 3. The van der Waals surface area contributed by atoms with E-state index < -0.39 is 6.10 Å². The predicted octanol–water partition coefficient (Wildman–Crippen LogP) is 1.80. The van der Waals surface area contributed by atoms with E-state index in [2.05, 4.69) is 15.2 Å². The van der Waals surface area contributed by atoms with Crippen LogP contribution in [0, 0.1) is 5.41 Å². The fourth-order valence-corrected chi connectivity index (χ4v) is 5.74. The normalized spacial score (nSPS) is 17.9. The zero-order valence-corrected chi connectivity index (χ0v) is 21.1. The first-order valence-corrected chi connectivity index (χ1v) is 13.0. The van der Waals surface area contributed by atoms with E-state index in [0.29, 0.717) is 50.0 Å². The smallest absolute Gasteiger partial charge is 0.251 e. The fraction of sp³-hybridized carbons (Fsp3) is 0.440. The number of aliphatic hydroxyl groups excluding tert-OH is 1. The summed E-state index contributed by atoms with van der Waals surface area (Å²) in [5, 5.41) is 19.7. The summed E-state index contributed by atoms with van der Waals surface area (Å²) < 4.78 is 6.50. The van der Waals surface area contributed by atoms with Crippen LogP contribution < -0.4 is 10.6 Å². The molecule has 2 aliphatic heterocycles. The van der Waals surface area contributed by atoms with Crippen molar-refractivity contribution in [3.05, 3.63) is 34.7 Å². The molecule has 3 aromatic rings. The minimum absolute atomic E-state index is 0.215. The second-order valence-electron chi connectivity index (χ2n) is 9.14. The van der Waals surface area contributed by atoms with Gasteiger partial charge in [-0.3, -0.25) is 9.69 Å². The van der Waals surface area contributed by atoms with Gasteiger partial charge in [0.25, 0.3) is 5.91 Å². The number of aromatic nitrogens is 2. The molecule has 190 valence electrons. The van der Waals surface area contributed by atoms with Gasteiger partial charge in [-0.15, -0.1) is 11.3 Å². The maximum atomic E-state index is 12.1. The standard InChI is InChI=1S/C25H31N7O3S/c1-16(33)24(34)31-7-5-30(6-8-31)14-17-15-36-23-21(17)28-25(32-9-11-35-12-10-32)29-22(23)18-3-2-4-20(27)19(18)13-26/h2-4,13,15-16,26,33H,5-12,14,27H2,1H3. The third kappa shape index (κ3) is 4.79. The summed E-state index contributed by atoms with van der Waals surface area (Å²) in [4.78, 5) is 28.3. The Kier molecular flexibility index (Phi) is 7.15. The molecule has 2 aliphatic rings. The maximum Gasteiger partial charge on any atom is 0.251 e. The molecule has 2 saturated heterocycles. The summed E-state index contributed by atoms with van der Waals surface area (Å²) in [5.74, 6) is 0.443. The largest absolute Gasteiger partial charge is 0.398 e. The molecule has 2 fully saturated rings. The van der Waals surface area contributed by atoms with Gasteiger partial charge in [0.2, 0.25) is 5.95 Å². The van der Waals surface area contributed by atoms with Crippen LogP contribution in [0.25, 0.3) is 21.5 Å². The van der Waals surface area contributed by atoms with Crippen LogP contribution >= 0.6 is 11.3 Å². The molecule has 1 unspecified atom stereocenters. The number of piperazine rings is 1. The van der Waals surface area contributed by atoms with E-state index in [1.165, 1.54) is 13.1 Å². The lowest BCUT2D eigenvalue weighted by atomic mass is 10.0. The van der Waals surface area contributed by atoms with E-state index in [0.717, 1.165) is 53.2 Å². The summed E-state index contributed by atoms with van der Waals surface area (Å²) in [6, 6.07) is 5.65. The lowest BCUT2D eigenvalue weighted by molar-refractivity contribution is -0.141. The molecule has 0 saturated carbocycles. The van der Waals surface area contributed by atoms with Crippen LogP contribution in [0.3, 0.4) is 0 Å². The zero-order chi connectivity index (χ0) is 25.2. The Labute approximate surface area is 213 Å². The number of rotatable bonds is 6. The van der Waals surface area contributed by atoms with E-state index in [1.807, 2.05) is 12.1 Å². The molecule has 4 N–H and O–H groups in total. The Hall–Kier alpha value is -3.12. The van der Waals surface area contributed by atoms with Crippen LogP contribution in [0.1, 0.15) is 18.1 Å². The highest BCUT2D eigenvalue weighted by atomic mass is 32.1. The van der Waals surface area contributed by atoms with Crippen molar-refractivity contribution < 1.29 is 14.6 Å². The molecule has 10 nitrogen and oxygen atoms in total. The van der Waals surface area contributed by atoms with E-state index in [-0.39, 0.29) is 5.91 Å². The number of amides is 1. The number of aliphatic hydroxyl groups is 1. The molecule has 1 atom stereocenters. The molecule has 0 bridgehead atoms. The van der Waals surface area contributed by atoms with Crippen LogP contribution in [-0.2, 0) is 16.1 Å². The highest BCUT2D eigenvalue weighted by Gasteiger charge is 2.26. The third-order valence-electron chi connectivity index (χ3n) is 6.75. The molecular formula is C25H31N7O3S. The molecule has 4 heterocycles. The van der Waals surface area contributed by atoms with Crippen LogP contribution in [0.15, 0.2) is 23.6 Å². The number of nitrogens with two attached hydrogens (primary N) is 1. The lowest BCUT2D eigenvalue weighted by Gasteiger charge is -2.35. The quantitative estimate of drug-likeness (QED) is 0.339. The molecule has 1 aromatic carbocycles. The molecule has 11 heteroatoms. The minimum Gasteiger partial charge on any atom is -0.398 e. The molecular weight excluding hydrogens is 478 g/mol. The average molecular weight is 510 g/mol. The Morgan fingerprint density at radius 3 is 2.67 bits per heavy atom. The summed E-state index contributed by atoms with van der Waals surface area (Å²) in [6.07, 6.45) is 0.319. The zero-order valence-electron chi connectivity index (χ0n) is 20.3. The van der Waals surface area contributed by atoms with Crippen molar-refractivity contribution in [2.45, 2.75) is 19.6 Å². The van der Waals surface area contributed by atoms with Crippen molar-refractivity contribution in [3.8, 4) is 11.3 Å². The van der Waals surface area contributed by atoms with Crippen LogP contribution in [0.2, 0.25) is 0 Å². The molecule has 2 aromatic heterocycles. The van der Waals surface area contributed by atoms with Gasteiger partial charge in [0.1, 0.15) is 6.10 Å². The Morgan fingerprint density at radius 1 is 1.22 bits per heavy atom. The number of nitrogen functional groups attached to an aromatic ring is 1. The topological polar surface area (TPSA) is 132 Å². The van der Waals surface area contributed by atoms with Gasteiger partial charge in [-0.2, -0.15) is 0 Å². The molecule has 0 aliphatic carbocycles. The maximum absolute atomic E-state index is 12.1. The first kappa shape index (κ1) is 24.6. The van der Waals surface area contributed by atoms with Crippen LogP contribution in [0.5, 0.6) is 0 Å². The van der Waals surface area contributed by atoms with E-state index >= 15 is 0 Å². The van der Waals surface area contributed by atoms with Crippen molar-refractivity contribution in [2.75, 3.05) is 63.1 Å². The fourth-order valence-electron chi connectivity index (χ4n) is 4.74. The predicted molar refractivity (Wildman–Crippen MR) is 142 cm³/mol. The number of nitrogens with zero attached hydrogens (tertiary/aromatic N) is 5. The third-order valence-corrected chi connectivity index (χ3v) is 7.77. The number of hydrogen-bond acceptors (Lipinski definition) is 10. The summed E-state index contributed by atoms with van der Waals surface area (Å²) in [5.41, 5.74) is 11.0. The number of ether oxygens (including phenoxy) is 1. The SMILES string of the molecule is CC(O)C(=O)N1CCN(Cc2csc3c(-c4cccc(N)c4C=N)nc(N4CCOCC4)nc23)CC1. The van der Waals surface area contributed by atoms with E-state index in [4.69, 9.17) is 25.8 Å². The van der Waals surface area contributed by atoms with Crippen molar-refractivity contribution in [1.82, 2.24) is 19.8 Å². The average Bonchev–Trinajstić information content (AvgIpc) is 3.31. The Morgan fingerprint density at radius 2 is 1.97 bits per heavy atom. The van der Waals surface area contributed by atoms with Crippen molar-refractivity contribution in [1.29, 1.82) is 5.41 Å². The van der Waals surface area contributed by atoms with Gasteiger partial charge >= 0.3 is 0 Å². The monoisotopic (exact) mass is 509 g/mol. The van der Waals surface area contributed by atoms with Crippen molar-refractivity contribution in [2.24, 2.45) is 0 Å². The minimum atomic E-state index is -0.969. The van der Waals surface area contributed by atoms with Gasteiger partial charge in [-0.1, -0.05) is 12.1 Å². The first-order valence-electron chi connectivity index (χ1n) is 12.2. The number of fused-ring (bicyclic) bond motifs is 1. The number of nitrogens with one attached hydrogen (secondary N) is 1. The molecule has 0 spiro atoms. The second kappa shape index (κ2) is 10.5. The highest BCUT2D eigenvalue weighted by Crippen LogP contribution is 2.37. The van der Waals surface area contributed by atoms with E-state index in [9.17, 15) is 9.90 Å². The van der Waals surface area contributed by atoms with E-state index in [1.54, 1.807) is 22.3 Å². The number of anilines is 2. The van der Waals surface area contributed by atoms with Crippen LogP contribution in [-0.4, -0.2) is 95.6 Å². The van der Waals surface area contributed by atoms with Gasteiger partial charge in [0.05, 0.1) is 29.1 Å². The van der Waals surface area contributed by atoms with Crippen molar-refractivity contribution in [3.63, 3.8) is 0 Å². The van der Waals surface area contributed by atoms with Gasteiger partial charge in [0.15, 0.2) is 0 Å². The summed E-state index contributed by atoms with van der Waals surface area (Å²) in [7, 11) is 0. The van der Waals surface area contributed by atoms with Crippen LogP contribution in [0.4, 0.5) is 11.6 Å². The molecule has 5 rings (SSSR count). The second-order valence-corrected chi connectivity index (χ2v) is 10.0. The Bertz CT molecular complexity index is 1260. The molecule has 1 amide bonds. The summed E-state index contributed by atoms with van der Waals surface area (Å²) in [6.45, 7) is 7.59. The lowest BCUT2D eigenvalue weighted by Crippen LogP contribution is -2.50. The van der Waals surface area contributed by atoms with Gasteiger partial charge < -0.3 is 30.8 Å². The number of morpholine rings is 1. The van der Waals surface area contributed by atoms with Crippen molar-refractivity contribution >= 4 is 45.3 Å². The highest BCUT2D eigenvalue weighted by molar-refractivity contribution is 7.17. The van der Waals surface area contributed by atoms with Gasteiger partial charge in [-0.05, 0) is 18.4 Å². The number of thiophene rings is 1. The first-order chi connectivity index (χ1) is 17.5. The summed E-state index contributed by atoms with van der Waals surface area (Å²) >= 11 is 1.61. The number of benzene rings is 1. The van der Waals surface area contributed by atoms with Gasteiger partial charge in [-0.25, -0.2) is 9.97 Å². The Balaban J connectivity index is 1.50. The molecule has 36 heavy (non-hydrogen) atoms. The van der Waals surface area contributed by atoms with Gasteiger partial charge in [0, 0.05) is 74.4 Å². The number of carbonyl (C=O) groups excluding carboxylic acids is 1.